The summed E-state index contributed by atoms with van der Waals surface area (Å²) in [4.78, 5) is 5.80. The first-order valence-corrected chi connectivity index (χ1v) is 7.12. The molecule has 0 bridgehead atoms. The molecule has 0 aliphatic carbocycles. The third-order valence-electron chi connectivity index (χ3n) is 2.61. The van der Waals surface area contributed by atoms with Crippen LogP contribution in [0.2, 0.25) is 0 Å². The highest BCUT2D eigenvalue weighted by Gasteiger charge is 2.02. The summed E-state index contributed by atoms with van der Waals surface area (Å²) >= 11 is 1.77. The fraction of sp³-hybridized carbons (Fsp3) is 0.769. The molecule has 1 aromatic rings. The van der Waals surface area contributed by atoms with Gasteiger partial charge in [0.15, 0.2) is 0 Å². The van der Waals surface area contributed by atoms with Gasteiger partial charge in [0.1, 0.15) is 5.01 Å². The largest absolute Gasteiger partial charge is 0.380 e. The minimum absolute atomic E-state index is 0.726. The molecule has 0 spiro atoms. The van der Waals surface area contributed by atoms with Crippen LogP contribution in [0.5, 0.6) is 0 Å². The number of thiazole rings is 1. The van der Waals surface area contributed by atoms with Crippen molar-refractivity contribution in [1.82, 2.24) is 10.3 Å². The van der Waals surface area contributed by atoms with Gasteiger partial charge in [0.05, 0.1) is 12.3 Å². The molecular formula is C13H24N2OS. The molecule has 1 N–H and O–H groups in total. The zero-order valence-electron chi connectivity index (χ0n) is 11.4. The maximum absolute atomic E-state index is 5.53. The van der Waals surface area contributed by atoms with E-state index in [2.05, 4.69) is 38.0 Å². The van der Waals surface area contributed by atoms with Crippen molar-refractivity contribution in [2.75, 3.05) is 19.8 Å². The molecule has 0 saturated heterocycles. The minimum Gasteiger partial charge on any atom is -0.380 e. The van der Waals surface area contributed by atoms with E-state index in [1.54, 1.807) is 11.3 Å². The van der Waals surface area contributed by atoms with Crippen LogP contribution in [-0.2, 0) is 11.3 Å². The fourth-order valence-electron chi connectivity index (χ4n) is 1.38. The monoisotopic (exact) mass is 256 g/mol. The Hall–Kier alpha value is -0.450. The summed E-state index contributed by atoms with van der Waals surface area (Å²) in [7, 11) is 0. The van der Waals surface area contributed by atoms with Gasteiger partial charge in [-0.1, -0.05) is 13.8 Å². The van der Waals surface area contributed by atoms with Gasteiger partial charge in [-0.2, -0.15) is 0 Å². The van der Waals surface area contributed by atoms with Crippen LogP contribution >= 0.6 is 11.3 Å². The smallest absolute Gasteiger partial charge is 0.107 e. The number of aryl methyl sites for hydroxylation is 2. The molecule has 1 rings (SSSR count). The minimum atomic E-state index is 0.726. The van der Waals surface area contributed by atoms with Crippen LogP contribution in [0.3, 0.4) is 0 Å². The quantitative estimate of drug-likeness (QED) is 0.726. The first kappa shape index (κ1) is 14.6. The topological polar surface area (TPSA) is 34.2 Å². The Balaban J connectivity index is 2.01. The van der Waals surface area contributed by atoms with Crippen LogP contribution in [0, 0.1) is 19.8 Å². The van der Waals surface area contributed by atoms with Gasteiger partial charge in [-0.05, 0) is 26.2 Å². The molecule has 0 fully saturated rings. The van der Waals surface area contributed by atoms with Crippen molar-refractivity contribution in [3.8, 4) is 0 Å². The van der Waals surface area contributed by atoms with Crippen molar-refractivity contribution in [1.29, 1.82) is 0 Å². The van der Waals surface area contributed by atoms with E-state index in [0.29, 0.717) is 0 Å². The van der Waals surface area contributed by atoms with Crippen LogP contribution in [0.1, 0.15) is 35.8 Å². The van der Waals surface area contributed by atoms with Gasteiger partial charge in [-0.3, -0.25) is 0 Å². The highest BCUT2D eigenvalue weighted by atomic mass is 32.1. The van der Waals surface area contributed by atoms with Gasteiger partial charge >= 0.3 is 0 Å². The molecule has 0 atom stereocenters. The predicted octanol–water partition coefficient (Wildman–Crippen LogP) is 2.91. The normalized spacial score (nSPS) is 11.4. The zero-order valence-corrected chi connectivity index (χ0v) is 12.2. The van der Waals surface area contributed by atoms with Gasteiger partial charge in [0, 0.05) is 24.6 Å². The average molecular weight is 256 g/mol. The van der Waals surface area contributed by atoms with E-state index < -0.39 is 0 Å². The van der Waals surface area contributed by atoms with E-state index in [1.165, 1.54) is 9.88 Å². The SMILES string of the molecule is Cc1nc(CNCCOCCC(C)C)sc1C. The van der Waals surface area contributed by atoms with Crippen LogP contribution in [-0.4, -0.2) is 24.7 Å². The number of rotatable bonds is 8. The van der Waals surface area contributed by atoms with Gasteiger partial charge in [0.25, 0.3) is 0 Å². The number of nitrogens with zero attached hydrogens (tertiary/aromatic N) is 1. The molecule has 1 aromatic heterocycles. The van der Waals surface area contributed by atoms with Crippen LogP contribution in [0.4, 0.5) is 0 Å². The first-order valence-electron chi connectivity index (χ1n) is 6.31. The Labute approximate surface area is 109 Å². The van der Waals surface area contributed by atoms with E-state index >= 15 is 0 Å². The molecule has 17 heavy (non-hydrogen) atoms. The van der Waals surface area contributed by atoms with E-state index in [-0.39, 0.29) is 0 Å². The summed E-state index contributed by atoms with van der Waals surface area (Å²) in [5, 5.41) is 4.52. The van der Waals surface area contributed by atoms with Gasteiger partial charge in [0.2, 0.25) is 0 Å². The molecular weight excluding hydrogens is 232 g/mol. The van der Waals surface area contributed by atoms with Crippen molar-refractivity contribution >= 4 is 11.3 Å². The third kappa shape index (κ3) is 6.15. The molecule has 0 amide bonds. The molecule has 0 aliphatic rings. The maximum atomic E-state index is 5.53. The van der Waals surface area contributed by atoms with Crippen molar-refractivity contribution in [2.24, 2.45) is 5.92 Å². The standard InChI is InChI=1S/C13H24N2OS/c1-10(2)5-7-16-8-6-14-9-13-15-11(3)12(4)17-13/h10,14H,5-9H2,1-4H3. The number of aromatic nitrogens is 1. The van der Waals surface area contributed by atoms with Crippen LogP contribution in [0.25, 0.3) is 0 Å². The summed E-state index contributed by atoms with van der Waals surface area (Å²) < 4.78 is 5.53. The number of hydrogen-bond donors (Lipinski definition) is 1. The summed E-state index contributed by atoms with van der Waals surface area (Å²) in [5.41, 5.74) is 1.15. The third-order valence-corrected chi connectivity index (χ3v) is 3.68. The Morgan fingerprint density at radius 2 is 2.06 bits per heavy atom. The van der Waals surface area contributed by atoms with Crippen molar-refractivity contribution in [3.63, 3.8) is 0 Å². The van der Waals surface area contributed by atoms with Gasteiger partial charge < -0.3 is 10.1 Å². The lowest BCUT2D eigenvalue weighted by Gasteiger charge is -2.06. The van der Waals surface area contributed by atoms with Crippen molar-refractivity contribution < 1.29 is 4.74 Å². The molecule has 0 radical (unpaired) electrons. The number of hydrogen-bond acceptors (Lipinski definition) is 4. The Bertz CT molecular complexity index is 304. The molecule has 0 aromatic carbocycles. The van der Waals surface area contributed by atoms with E-state index in [1.807, 2.05) is 0 Å². The molecule has 0 unspecified atom stereocenters. The zero-order chi connectivity index (χ0) is 12.7. The molecule has 0 aliphatic heterocycles. The molecule has 1 heterocycles. The lowest BCUT2D eigenvalue weighted by atomic mass is 10.1. The predicted molar refractivity (Wildman–Crippen MR) is 73.6 cm³/mol. The fourth-order valence-corrected chi connectivity index (χ4v) is 2.28. The number of nitrogens with one attached hydrogen (secondary N) is 1. The van der Waals surface area contributed by atoms with Gasteiger partial charge in [-0.15, -0.1) is 11.3 Å². The van der Waals surface area contributed by atoms with Crippen LogP contribution in [0.15, 0.2) is 0 Å². The Kier molecular flexibility index (Phi) is 6.70. The highest BCUT2D eigenvalue weighted by molar-refractivity contribution is 7.11. The van der Waals surface area contributed by atoms with E-state index in [0.717, 1.165) is 44.3 Å². The second-order valence-corrected chi connectivity index (χ2v) is 6.01. The summed E-state index contributed by atoms with van der Waals surface area (Å²) in [6.07, 6.45) is 1.14. The summed E-state index contributed by atoms with van der Waals surface area (Å²) in [6, 6.07) is 0. The van der Waals surface area contributed by atoms with Crippen molar-refractivity contribution in [2.45, 2.75) is 40.7 Å². The number of ether oxygens (including phenoxy) is 1. The lowest BCUT2D eigenvalue weighted by molar-refractivity contribution is 0.125. The second-order valence-electron chi connectivity index (χ2n) is 4.72. The Morgan fingerprint density at radius 3 is 2.65 bits per heavy atom. The summed E-state index contributed by atoms with van der Waals surface area (Å²) in [5.74, 6) is 0.726. The summed E-state index contributed by atoms with van der Waals surface area (Å²) in [6.45, 7) is 12.0. The van der Waals surface area contributed by atoms with Gasteiger partial charge in [-0.25, -0.2) is 4.98 Å². The molecule has 0 saturated carbocycles. The molecule has 3 nitrogen and oxygen atoms in total. The average Bonchev–Trinajstić information content (AvgIpc) is 2.56. The lowest BCUT2D eigenvalue weighted by Crippen LogP contribution is -2.19. The maximum Gasteiger partial charge on any atom is 0.107 e. The second kappa shape index (κ2) is 7.80. The van der Waals surface area contributed by atoms with Crippen LogP contribution < -0.4 is 5.32 Å². The van der Waals surface area contributed by atoms with E-state index in [9.17, 15) is 0 Å². The first-order chi connectivity index (χ1) is 8.09. The van der Waals surface area contributed by atoms with E-state index in [4.69, 9.17) is 4.74 Å². The Morgan fingerprint density at radius 1 is 1.29 bits per heavy atom. The molecule has 4 heteroatoms. The highest BCUT2D eigenvalue weighted by Crippen LogP contribution is 2.15. The van der Waals surface area contributed by atoms with Crippen molar-refractivity contribution in [3.05, 3.63) is 15.6 Å². The molecule has 98 valence electrons.